The lowest BCUT2D eigenvalue weighted by atomic mass is 9.94. The predicted molar refractivity (Wildman–Crippen MR) is 71.6 cm³/mol. The lowest BCUT2D eigenvalue weighted by molar-refractivity contribution is 0.0688. The summed E-state index contributed by atoms with van der Waals surface area (Å²) in [5.41, 5.74) is 3.75. The van der Waals surface area contributed by atoms with E-state index >= 15 is 0 Å². The molecule has 6 nitrogen and oxygen atoms in total. The van der Waals surface area contributed by atoms with E-state index in [2.05, 4.69) is 21.9 Å². The molecule has 2 N–H and O–H groups in total. The van der Waals surface area contributed by atoms with Crippen LogP contribution >= 0.6 is 12.4 Å². The van der Waals surface area contributed by atoms with Crippen molar-refractivity contribution in [2.45, 2.75) is 19.4 Å². The summed E-state index contributed by atoms with van der Waals surface area (Å²) < 4.78 is 1.68. The van der Waals surface area contributed by atoms with Crippen LogP contribution in [0.4, 0.5) is 0 Å². The van der Waals surface area contributed by atoms with Crippen LogP contribution in [0.5, 0.6) is 0 Å². The predicted octanol–water partition coefficient (Wildman–Crippen LogP) is 1.68. The monoisotopic (exact) mass is 280 g/mol. The highest BCUT2D eigenvalue weighted by Crippen LogP contribution is 2.34. The minimum atomic E-state index is -0.985. The summed E-state index contributed by atoms with van der Waals surface area (Å²) >= 11 is 0. The van der Waals surface area contributed by atoms with Crippen LogP contribution in [0, 0.1) is 0 Å². The van der Waals surface area contributed by atoms with Crippen molar-refractivity contribution in [2.75, 3.05) is 0 Å². The van der Waals surface area contributed by atoms with E-state index in [0.717, 1.165) is 28.9 Å². The number of aromatic carboxylic acids is 1. The molecule has 0 unspecified atom stereocenters. The molecular weight excluding hydrogens is 268 g/mol. The van der Waals surface area contributed by atoms with Gasteiger partial charge in [-0.2, -0.15) is 10.2 Å². The lowest BCUT2D eigenvalue weighted by Gasteiger charge is -2.13. The number of carboxylic acids is 1. The molecule has 3 rings (SSSR count). The van der Waals surface area contributed by atoms with Crippen molar-refractivity contribution in [2.24, 2.45) is 0 Å². The first-order valence-electron chi connectivity index (χ1n) is 5.69. The fourth-order valence-electron chi connectivity index (χ4n) is 2.42. The molecule has 0 fully saturated rings. The Morgan fingerprint density at radius 3 is 3.05 bits per heavy atom. The second kappa shape index (κ2) is 4.89. The highest BCUT2D eigenvalue weighted by Gasteiger charge is 2.28. The molecule has 0 amide bonds. The van der Waals surface area contributed by atoms with Crippen molar-refractivity contribution in [3.63, 3.8) is 0 Å². The molecule has 0 saturated heterocycles. The number of rotatable bonds is 3. The average Bonchev–Trinajstić information content (AvgIpc) is 2.92. The topological polar surface area (TPSA) is 83.8 Å². The Morgan fingerprint density at radius 2 is 2.37 bits per heavy atom. The van der Waals surface area contributed by atoms with Gasteiger partial charge < -0.3 is 5.11 Å². The summed E-state index contributed by atoms with van der Waals surface area (Å²) in [6.07, 6.45) is 4.86. The molecule has 1 aliphatic carbocycles. The number of halogens is 1. The van der Waals surface area contributed by atoms with Crippen LogP contribution in [0.3, 0.4) is 0 Å². The smallest absolute Gasteiger partial charge is 0.356 e. The molecule has 0 atom stereocenters. The highest BCUT2D eigenvalue weighted by molar-refractivity contribution is 5.90. The fraction of sp³-hybridized carbons (Fsp3) is 0.250. The fourth-order valence-corrected chi connectivity index (χ4v) is 2.42. The van der Waals surface area contributed by atoms with Crippen molar-refractivity contribution in [1.82, 2.24) is 20.0 Å². The number of allylic oxidation sites excluding steroid dienone is 1. The molecule has 2 heterocycles. The van der Waals surface area contributed by atoms with Crippen molar-refractivity contribution in [3.05, 3.63) is 35.8 Å². The number of nitrogens with one attached hydrogen (secondary N) is 1. The number of carboxylic acid groups (broad SMARTS) is 1. The molecule has 7 heteroatoms. The first-order chi connectivity index (χ1) is 8.72. The molecule has 2 aromatic rings. The summed E-state index contributed by atoms with van der Waals surface area (Å²) in [6, 6.07) is 0. The maximum absolute atomic E-state index is 11.2. The van der Waals surface area contributed by atoms with Crippen molar-refractivity contribution in [1.29, 1.82) is 0 Å². The van der Waals surface area contributed by atoms with Gasteiger partial charge in [-0.05, 0) is 12.8 Å². The van der Waals surface area contributed by atoms with E-state index in [9.17, 15) is 9.90 Å². The van der Waals surface area contributed by atoms with E-state index in [-0.39, 0.29) is 18.1 Å². The summed E-state index contributed by atoms with van der Waals surface area (Å²) in [6.45, 7) is 4.16. The van der Waals surface area contributed by atoms with Crippen LogP contribution in [0.2, 0.25) is 0 Å². The van der Waals surface area contributed by atoms with E-state index in [4.69, 9.17) is 0 Å². The zero-order valence-electron chi connectivity index (χ0n) is 10.1. The van der Waals surface area contributed by atoms with Gasteiger partial charge in [0.25, 0.3) is 0 Å². The maximum Gasteiger partial charge on any atom is 0.356 e. The van der Waals surface area contributed by atoms with Gasteiger partial charge in [0.05, 0.1) is 18.4 Å². The largest absolute Gasteiger partial charge is 0.476 e. The van der Waals surface area contributed by atoms with Crippen molar-refractivity contribution >= 4 is 18.4 Å². The van der Waals surface area contributed by atoms with Gasteiger partial charge >= 0.3 is 5.97 Å². The zero-order chi connectivity index (χ0) is 12.7. The lowest BCUT2D eigenvalue weighted by Crippen LogP contribution is -2.07. The zero-order valence-corrected chi connectivity index (χ0v) is 10.9. The second-order valence-electron chi connectivity index (χ2n) is 4.21. The third-order valence-electron chi connectivity index (χ3n) is 3.15. The number of carbonyl (C=O) groups is 1. The molecular formula is C12H13ClN4O2. The van der Waals surface area contributed by atoms with Gasteiger partial charge in [-0.25, -0.2) is 4.79 Å². The maximum atomic E-state index is 11.2. The molecule has 0 aliphatic heterocycles. The first kappa shape index (κ1) is 13.4. The summed E-state index contributed by atoms with van der Waals surface area (Å²) in [5.74, 6) is -0.985. The highest BCUT2D eigenvalue weighted by atomic mass is 35.5. The normalized spacial score (nSPS) is 12.2. The minimum absolute atomic E-state index is 0. The molecule has 1 aliphatic rings. The number of aryl methyl sites for hydroxylation is 1. The van der Waals surface area contributed by atoms with Gasteiger partial charge in [0, 0.05) is 16.8 Å². The average molecular weight is 281 g/mol. The molecule has 0 aromatic carbocycles. The number of hydrogen-bond acceptors (Lipinski definition) is 3. The van der Waals surface area contributed by atoms with Crippen LogP contribution in [0.25, 0.3) is 11.3 Å². The van der Waals surface area contributed by atoms with Crippen molar-refractivity contribution in [3.8, 4) is 11.3 Å². The molecule has 0 saturated carbocycles. The van der Waals surface area contributed by atoms with Gasteiger partial charge in [-0.1, -0.05) is 6.08 Å². The number of aromatic amines is 1. The number of H-pyrrole nitrogens is 1. The van der Waals surface area contributed by atoms with E-state index in [1.165, 1.54) is 0 Å². The third-order valence-corrected chi connectivity index (χ3v) is 3.15. The van der Waals surface area contributed by atoms with E-state index in [1.54, 1.807) is 17.0 Å². The van der Waals surface area contributed by atoms with Gasteiger partial charge in [0.15, 0.2) is 5.69 Å². The number of hydrogen-bond donors (Lipinski definition) is 2. The summed E-state index contributed by atoms with van der Waals surface area (Å²) in [4.78, 5) is 11.2. The molecule has 2 aromatic heterocycles. The van der Waals surface area contributed by atoms with Crippen LogP contribution in [0.1, 0.15) is 21.7 Å². The first-order valence-corrected chi connectivity index (χ1v) is 5.69. The third kappa shape index (κ3) is 1.94. The summed E-state index contributed by atoms with van der Waals surface area (Å²) in [7, 11) is 0. The Labute approximate surface area is 115 Å². The van der Waals surface area contributed by atoms with E-state index in [0.29, 0.717) is 13.0 Å². The number of aromatic nitrogens is 4. The Morgan fingerprint density at radius 1 is 1.58 bits per heavy atom. The van der Waals surface area contributed by atoms with E-state index in [1.807, 2.05) is 0 Å². The molecule has 0 radical (unpaired) electrons. The van der Waals surface area contributed by atoms with Crippen LogP contribution in [-0.2, 0) is 19.4 Å². The molecule has 0 bridgehead atoms. The van der Waals surface area contributed by atoms with Gasteiger partial charge in [-0.3, -0.25) is 9.78 Å². The molecule has 0 spiro atoms. The van der Waals surface area contributed by atoms with Crippen LogP contribution in [-0.4, -0.2) is 31.1 Å². The van der Waals surface area contributed by atoms with Crippen molar-refractivity contribution < 1.29 is 9.90 Å². The number of nitrogens with zero attached hydrogens (tertiary/aromatic N) is 3. The molecule has 19 heavy (non-hydrogen) atoms. The van der Waals surface area contributed by atoms with Gasteiger partial charge in [-0.15, -0.1) is 19.0 Å². The number of fused-ring (bicyclic) bond motifs is 3. The van der Waals surface area contributed by atoms with Gasteiger partial charge in [0.2, 0.25) is 0 Å². The Bertz CT molecular complexity index is 644. The quantitative estimate of drug-likeness (QED) is 0.838. The standard InChI is InChI=1S/C12H12N4O2.ClH/c1-2-5-16-11-7(10(15-16)12(17)18)3-4-9-8(11)6-13-14-9;/h2,6H,1,3-5H2,(H,13,14)(H,17,18);1H. The Hall–Kier alpha value is -2.08. The Kier molecular flexibility index (Phi) is 3.44. The van der Waals surface area contributed by atoms with Crippen LogP contribution < -0.4 is 0 Å². The second-order valence-corrected chi connectivity index (χ2v) is 4.21. The van der Waals surface area contributed by atoms with Gasteiger partial charge in [0.1, 0.15) is 0 Å². The minimum Gasteiger partial charge on any atom is -0.476 e. The van der Waals surface area contributed by atoms with E-state index < -0.39 is 5.97 Å². The SMILES string of the molecule is C=CCn1nc(C(=O)O)c2c1-c1cn[nH]c1CC2.Cl. The Balaban J connectivity index is 0.00000133. The van der Waals surface area contributed by atoms with Crippen LogP contribution in [0.15, 0.2) is 18.9 Å². The summed E-state index contributed by atoms with van der Waals surface area (Å²) in [5, 5.41) is 20.3. The molecule has 100 valence electrons.